The second-order valence-electron chi connectivity index (χ2n) is 7.92. The summed E-state index contributed by atoms with van der Waals surface area (Å²) in [6, 6.07) is 9.96. The van der Waals surface area contributed by atoms with Crippen LogP contribution in [0.25, 0.3) is 0 Å². The van der Waals surface area contributed by atoms with E-state index in [0.29, 0.717) is 12.3 Å². The van der Waals surface area contributed by atoms with Crippen molar-refractivity contribution in [3.05, 3.63) is 35.9 Å². The van der Waals surface area contributed by atoms with Crippen molar-refractivity contribution in [2.75, 3.05) is 6.54 Å². The Morgan fingerprint density at radius 3 is 2.48 bits per heavy atom. The molecule has 4 nitrogen and oxygen atoms in total. The van der Waals surface area contributed by atoms with Gasteiger partial charge in [-0.15, -0.1) is 0 Å². The summed E-state index contributed by atoms with van der Waals surface area (Å²) in [5.41, 5.74) is 7.43. The third-order valence-corrected chi connectivity index (χ3v) is 5.47. The highest BCUT2D eigenvalue weighted by Gasteiger charge is 2.27. The maximum absolute atomic E-state index is 10.4. The molecule has 4 unspecified atom stereocenters. The highest BCUT2D eigenvalue weighted by molar-refractivity contribution is 5.14. The van der Waals surface area contributed by atoms with E-state index in [1.165, 1.54) is 37.7 Å². The van der Waals surface area contributed by atoms with E-state index in [4.69, 9.17) is 5.73 Å². The van der Waals surface area contributed by atoms with E-state index in [0.717, 1.165) is 19.5 Å². The van der Waals surface area contributed by atoms with Crippen molar-refractivity contribution in [2.45, 2.75) is 76.7 Å². The average Bonchev–Trinajstić information content (AvgIpc) is 2.62. The lowest BCUT2D eigenvalue weighted by Crippen LogP contribution is -2.45. The van der Waals surface area contributed by atoms with Crippen LogP contribution < -0.4 is 11.1 Å². The van der Waals surface area contributed by atoms with Crippen molar-refractivity contribution in [1.82, 2.24) is 5.32 Å². The molecule has 2 rings (SSSR count). The molecule has 0 aromatic heterocycles. The fourth-order valence-corrected chi connectivity index (χ4v) is 3.93. The summed E-state index contributed by atoms with van der Waals surface area (Å²) in [6.45, 7) is 3.74. The molecule has 1 aliphatic carbocycles. The van der Waals surface area contributed by atoms with Crippen LogP contribution in [-0.4, -0.2) is 35.0 Å². The zero-order chi connectivity index (χ0) is 18.1. The lowest BCUT2D eigenvalue weighted by Gasteiger charge is -2.30. The number of rotatable bonds is 10. The van der Waals surface area contributed by atoms with Crippen LogP contribution in [0.15, 0.2) is 30.3 Å². The van der Waals surface area contributed by atoms with Crippen LogP contribution in [0.1, 0.15) is 57.4 Å². The molecule has 1 fully saturated rings. The molecule has 0 amide bonds. The minimum atomic E-state index is -0.821. The first-order chi connectivity index (χ1) is 12.1. The van der Waals surface area contributed by atoms with E-state index in [1.807, 2.05) is 18.2 Å². The molecule has 0 saturated heterocycles. The minimum absolute atomic E-state index is 0.287. The molecule has 0 spiro atoms. The maximum atomic E-state index is 10.4. The number of nitrogens with one attached hydrogen (secondary N) is 1. The van der Waals surface area contributed by atoms with Crippen LogP contribution in [0.3, 0.4) is 0 Å². The molecule has 1 aromatic carbocycles. The van der Waals surface area contributed by atoms with Gasteiger partial charge in [-0.25, -0.2) is 0 Å². The number of nitrogens with two attached hydrogens (primary N) is 1. The topological polar surface area (TPSA) is 78.5 Å². The van der Waals surface area contributed by atoms with Gasteiger partial charge in [-0.05, 0) is 36.8 Å². The predicted molar refractivity (Wildman–Crippen MR) is 103 cm³/mol. The molecule has 1 aromatic rings. The van der Waals surface area contributed by atoms with Gasteiger partial charge >= 0.3 is 0 Å². The predicted octanol–water partition coefficient (Wildman–Crippen LogP) is 2.82. The summed E-state index contributed by atoms with van der Waals surface area (Å²) >= 11 is 0. The normalized spacial score (nSPS) is 20.8. The van der Waals surface area contributed by atoms with Gasteiger partial charge in [0.25, 0.3) is 0 Å². The highest BCUT2D eigenvalue weighted by atomic mass is 16.3. The second kappa shape index (κ2) is 10.9. The van der Waals surface area contributed by atoms with E-state index in [2.05, 4.69) is 24.4 Å². The van der Waals surface area contributed by atoms with Crippen molar-refractivity contribution in [3.63, 3.8) is 0 Å². The van der Waals surface area contributed by atoms with Crippen LogP contribution in [0.2, 0.25) is 0 Å². The molecule has 1 saturated carbocycles. The van der Waals surface area contributed by atoms with E-state index >= 15 is 0 Å². The Morgan fingerprint density at radius 2 is 1.80 bits per heavy atom. The van der Waals surface area contributed by atoms with E-state index < -0.39 is 12.2 Å². The van der Waals surface area contributed by atoms with E-state index in [1.54, 1.807) is 0 Å². The summed E-state index contributed by atoms with van der Waals surface area (Å²) in [5.74, 6) is 0.908. The summed E-state index contributed by atoms with van der Waals surface area (Å²) in [6.07, 6.45) is 6.16. The van der Waals surface area contributed by atoms with Crippen molar-refractivity contribution in [3.8, 4) is 0 Å². The molecule has 4 atom stereocenters. The van der Waals surface area contributed by atoms with Crippen molar-refractivity contribution in [1.29, 1.82) is 0 Å². The van der Waals surface area contributed by atoms with Gasteiger partial charge in [0.1, 0.15) is 0 Å². The lowest BCUT2D eigenvalue weighted by atomic mass is 9.83. The van der Waals surface area contributed by atoms with Crippen molar-refractivity contribution in [2.24, 2.45) is 17.6 Å². The van der Waals surface area contributed by atoms with Crippen LogP contribution in [0.4, 0.5) is 0 Å². The Labute approximate surface area is 152 Å². The van der Waals surface area contributed by atoms with Gasteiger partial charge in [-0.3, -0.25) is 0 Å². The van der Waals surface area contributed by atoms with Gasteiger partial charge in [-0.2, -0.15) is 0 Å². The molecular formula is C21H36N2O2. The minimum Gasteiger partial charge on any atom is -0.390 e. The number of hydrogen-bond donors (Lipinski definition) is 4. The first-order valence-corrected chi connectivity index (χ1v) is 9.92. The average molecular weight is 349 g/mol. The quantitative estimate of drug-likeness (QED) is 0.524. The molecule has 0 heterocycles. The monoisotopic (exact) mass is 348 g/mol. The van der Waals surface area contributed by atoms with Crippen LogP contribution in [0, 0.1) is 11.8 Å². The lowest BCUT2D eigenvalue weighted by molar-refractivity contribution is -0.0127. The second-order valence-corrected chi connectivity index (χ2v) is 7.92. The van der Waals surface area contributed by atoms with Crippen LogP contribution in [0.5, 0.6) is 0 Å². The smallest absolute Gasteiger partial charge is 0.0949 e. The number of benzene rings is 1. The summed E-state index contributed by atoms with van der Waals surface area (Å²) < 4.78 is 0. The molecule has 0 bridgehead atoms. The molecule has 1 aliphatic rings. The van der Waals surface area contributed by atoms with E-state index in [9.17, 15) is 10.2 Å². The SMILES string of the molecule is CC(CNCc1ccccc1)CC(O)C(O)C(N)CC1CCCCC1. The molecule has 0 radical (unpaired) electrons. The van der Waals surface area contributed by atoms with Gasteiger partial charge in [-0.1, -0.05) is 69.4 Å². The van der Waals surface area contributed by atoms with E-state index in [-0.39, 0.29) is 12.0 Å². The van der Waals surface area contributed by atoms with Gasteiger partial charge < -0.3 is 21.3 Å². The number of hydrogen-bond acceptors (Lipinski definition) is 4. The Bertz CT molecular complexity index is 462. The molecular weight excluding hydrogens is 312 g/mol. The maximum Gasteiger partial charge on any atom is 0.0949 e. The fraction of sp³-hybridized carbons (Fsp3) is 0.714. The van der Waals surface area contributed by atoms with Gasteiger partial charge in [0, 0.05) is 12.6 Å². The molecule has 4 heteroatoms. The molecule has 142 valence electrons. The molecule has 5 N–H and O–H groups in total. The van der Waals surface area contributed by atoms with Crippen molar-refractivity contribution < 1.29 is 10.2 Å². The summed E-state index contributed by atoms with van der Waals surface area (Å²) in [5, 5.41) is 24.1. The standard InChI is InChI=1S/C21H36N2O2/c1-16(14-23-15-18-10-6-3-7-11-18)12-20(24)21(25)19(22)13-17-8-4-2-5-9-17/h3,6-7,10-11,16-17,19-21,23-25H,2,4-5,8-9,12-15,22H2,1H3. The Hall–Kier alpha value is -0.940. The Kier molecular flexibility index (Phi) is 8.90. The van der Waals surface area contributed by atoms with Crippen LogP contribution in [-0.2, 0) is 6.54 Å². The molecule has 25 heavy (non-hydrogen) atoms. The number of aliphatic hydroxyl groups is 2. The number of aliphatic hydroxyl groups excluding tert-OH is 2. The molecule has 0 aliphatic heterocycles. The van der Waals surface area contributed by atoms with Crippen LogP contribution >= 0.6 is 0 Å². The summed E-state index contributed by atoms with van der Waals surface area (Å²) in [4.78, 5) is 0. The largest absolute Gasteiger partial charge is 0.390 e. The first-order valence-electron chi connectivity index (χ1n) is 9.92. The highest BCUT2D eigenvalue weighted by Crippen LogP contribution is 2.28. The zero-order valence-corrected chi connectivity index (χ0v) is 15.6. The van der Waals surface area contributed by atoms with Crippen molar-refractivity contribution >= 4 is 0 Å². The van der Waals surface area contributed by atoms with Gasteiger partial charge in [0.15, 0.2) is 0 Å². The Morgan fingerprint density at radius 1 is 1.12 bits per heavy atom. The van der Waals surface area contributed by atoms with Gasteiger partial charge in [0.05, 0.1) is 12.2 Å². The Balaban J connectivity index is 1.65. The first kappa shape index (κ1) is 20.4. The zero-order valence-electron chi connectivity index (χ0n) is 15.6. The van der Waals surface area contributed by atoms with Gasteiger partial charge in [0.2, 0.25) is 0 Å². The fourth-order valence-electron chi connectivity index (χ4n) is 3.93. The third kappa shape index (κ3) is 7.45. The summed E-state index contributed by atoms with van der Waals surface area (Å²) in [7, 11) is 0. The third-order valence-electron chi connectivity index (χ3n) is 5.47.